The minimum atomic E-state index is -0.839. The molecule has 0 radical (unpaired) electrons. The SMILES string of the molecule is CCCC(O)(CC)c1cc(OC)ccc1OC. The highest BCUT2D eigenvalue weighted by molar-refractivity contribution is 5.43. The quantitative estimate of drug-likeness (QED) is 0.827. The van der Waals surface area contributed by atoms with Crippen LogP contribution in [0.2, 0.25) is 0 Å². The lowest BCUT2D eigenvalue weighted by Gasteiger charge is -2.29. The van der Waals surface area contributed by atoms with Gasteiger partial charge in [-0.05, 0) is 31.0 Å². The third-order valence-corrected chi connectivity index (χ3v) is 3.16. The maximum atomic E-state index is 10.7. The Kier molecular flexibility index (Phi) is 4.82. The van der Waals surface area contributed by atoms with Crippen LogP contribution < -0.4 is 9.47 Å². The Hall–Kier alpha value is -1.22. The van der Waals surface area contributed by atoms with E-state index in [-0.39, 0.29) is 0 Å². The fourth-order valence-electron chi connectivity index (χ4n) is 2.09. The van der Waals surface area contributed by atoms with Crippen LogP contribution >= 0.6 is 0 Å². The molecule has 0 aromatic heterocycles. The second-order valence-electron chi connectivity index (χ2n) is 4.20. The van der Waals surface area contributed by atoms with Gasteiger partial charge in [0, 0.05) is 5.56 Å². The summed E-state index contributed by atoms with van der Waals surface area (Å²) in [7, 11) is 3.24. The zero-order chi connectivity index (χ0) is 12.9. The Bertz CT molecular complexity index is 362. The summed E-state index contributed by atoms with van der Waals surface area (Å²) in [6.45, 7) is 4.04. The Balaban J connectivity index is 3.24. The van der Waals surface area contributed by atoms with E-state index in [9.17, 15) is 5.11 Å². The first kappa shape index (κ1) is 13.8. The Morgan fingerprint density at radius 3 is 2.35 bits per heavy atom. The van der Waals surface area contributed by atoms with Crippen molar-refractivity contribution in [3.05, 3.63) is 23.8 Å². The van der Waals surface area contributed by atoms with E-state index in [1.165, 1.54) is 0 Å². The van der Waals surface area contributed by atoms with Crippen molar-refractivity contribution in [2.45, 2.75) is 38.7 Å². The van der Waals surface area contributed by atoms with Crippen molar-refractivity contribution >= 4 is 0 Å². The number of methoxy groups -OCH3 is 2. The van der Waals surface area contributed by atoms with Gasteiger partial charge < -0.3 is 14.6 Å². The lowest BCUT2D eigenvalue weighted by molar-refractivity contribution is 0.0202. The normalized spacial score (nSPS) is 14.2. The summed E-state index contributed by atoms with van der Waals surface area (Å²) in [6, 6.07) is 5.53. The Labute approximate surface area is 103 Å². The molecule has 0 spiro atoms. The minimum absolute atomic E-state index is 0.657. The summed E-state index contributed by atoms with van der Waals surface area (Å²) in [5.74, 6) is 1.45. The minimum Gasteiger partial charge on any atom is -0.497 e. The smallest absolute Gasteiger partial charge is 0.125 e. The van der Waals surface area contributed by atoms with Crippen molar-refractivity contribution < 1.29 is 14.6 Å². The molecule has 1 atom stereocenters. The Morgan fingerprint density at radius 2 is 1.88 bits per heavy atom. The highest BCUT2D eigenvalue weighted by atomic mass is 16.5. The first-order valence-corrected chi connectivity index (χ1v) is 6.06. The third-order valence-electron chi connectivity index (χ3n) is 3.16. The van der Waals surface area contributed by atoms with Crippen LogP contribution in [0.3, 0.4) is 0 Å². The van der Waals surface area contributed by atoms with Crippen molar-refractivity contribution in [1.82, 2.24) is 0 Å². The molecule has 0 fully saturated rings. The summed E-state index contributed by atoms with van der Waals surface area (Å²) in [6.07, 6.45) is 2.29. The molecule has 0 aliphatic rings. The van der Waals surface area contributed by atoms with Crippen molar-refractivity contribution in [3.8, 4) is 11.5 Å². The van der Waals surface area contributed by atoms with Crippen LogP contribution in [0.15, 0.2) is 18.2 Å². The molecule has 0 saturated heterocycles. The highest BCUT2D eigenvalue weighted by Crippen LogP contribution is 2.38. The molecule has 0 aliphatic heterocycles. The van der Waals surface area contributed by atoms with E-state index in [1.807, 2.05) is 25.1 Å². The predicted molar refractivity (Wildman–Crippen MR) is 68.6 cm³/mol. The number of hydrogen-bond donors (Lipinski definition) is 1. The largest absolute Gasteiger partial charge is 0.497 e. The van der Waals surface area contributed by atoms with Crippen LogP contribution in [0.1, 0.15) is 38.7 Å². The molecule has 1 N–H and O–H groups in total. The highest BCUT2D eigenvalue weighted by Gasteiger charge is 2.29. The van der Waals surface area contributed by atoms with Gasteiger partial charge in [-0.3, -0.25) is 0 Å². The van der Waals surface area contributed by atoms with Crippen LogP contribution in [0.5, 0.6) is 11.5 Å². The fraction of sp³-hybridized carbons (Fsp3) is 0.571. The van der Waals surface area contributed by atoms with E-state index in [1.54, 1.807) is 14.2 Å². The molecule has 0 heterocycles. The van der Waals surface area contributed by atoms with Gasteiger partial charge in [-0.25, -0.2) is 0 Å². The van der Waals surface area contributed by atoms with Crippen molar-refractivity contribution in [3.63, 3.8) is 0 Å². The fourth-order valence-corrected chi connectivity index (χ4v) is 2.09. The maximum Gasteiger partial charge on any atom is 0.125 e. The molecule has 0 amide bonds. The van der Waals surface area contributed by atoms with E-state index < -0.39 is 5.60 Å². The van der Waals surface area contributed by atoms with Crippen LogP contribution in [0.4, 0.5) is 0 Å². The Morgan fingerprint density at radius 1 is 1.18 bits per heavy atom. The molecule has 3 nitrogen and oxygen atoms in total. The number of ether oxygens (including phenoxy) is 2. The molecular formula is C14H22O3. The lowest BCUT2D eigenvalue weighted by atomic mass is 9.86. The first-order valence-electron chi connectivity index (χ1n) is 6.06. The zero-order valence-electron chi connectivity index (χ0n) is 11.1. The van der Waals surface area contributed by atoms with Crippen LogP contribution in [-0.4, -0.2) is 19.3 Å². The molecular weight excluding hydrogens is 216 g/mol. The summed E-state index contributed by atoms with van der Waals surface area (Å²) >= 11 is 0. The number of benzene rings is 1. The van der Waals surface area contributed by atoms with Gasteiger partial charge in [0.2, 0.25) is 0 Å². The first-order chi connectivity index (χ1) is 8.11. The van der Waals surface area contributed by atoms with Crippen LogP contribution in [0, 0.1) is 0 Å². The zero-order valence-corrected chi connectivity index (χ0v) is 11.1. The van der Waals surface area contributed by atoms with Gasteiger partial charge in [0.05, 0.1) is 19.8 Å². The van der Waals surface area contributed by atoms with Gasteiger partial charge >= 0.3 is 0 Å². The molecule has 96 valence electrons. The molecule has 1 aromatic carbocycles. The lowest BCUT2D eigenvalue weighted by Crippen LogP contribution is -2.25. The van der Waals surface area contributed by atoms with Gasteiger partial charge in [-0.15, -0.1) is 0 Å². The van der Waals surface area contributed by atoms with Crippen molar-refractivity contribution in [1.29, 1.82) is 0 Å². The van der Waals surface area contributed by atoms with Gasteiger partial charge in [-0.1, -0.05) is 20.3 Å². The maximum absolute atomic E-state index is 10.7. The molecule has 1 aromatic rings. The van der Waals surface area contributed by atoms with Crippen molar-refractivity contribution in [2.24, 2.45) is 0 Å². The monoisotopic (exact) mass is 238 g/mol. The second-order valence-corrected chi connectivity index (χ2v) is 4.20. The standard InChI is InChI=1S/C14H22O3/c1-5-9-14(15,6-2)12-10-11(16-3)7-8-13(12)17-4/h7-8,10,15H,5-6,9H2,1-4H3. The summed E-state index contributed by atoms with van der Waals surface area (Å²) in [5.41, 5.74) is -0.0297. The van der Waals surface area contributed by atoms with Crippen LogP contribution in [0.25, 0.3) is 0 Å². The van der Waals surface area contributed by atoms with Crippen molar-refractivity contribution in [2.75, 3.05) is 14.2 Å². The predicted octanol–water partition coefficient (Wildman–Crippen LogP) is 3.10. The molecule has 0 saturated carbocycles. The van der Waals surface area contributed by atoms with Crippen LogP contribution in [-0.2, 0) is 5.60 Å². The van der Waals surface area contributed by atoms with Gasteiger partial charge in [0.15, 0.2) is 0 Å². The molecule has 1 unspecified atom stereocenters. The van der Waals surface area contributed by atoms with Gasteiger partial charge in [0.25, 0.3) is 0 Å². The van der Waals surface area contributed by atoms with E-state index in [0.29, 0.717) is 18.6 Å². The molecule has 17 heavy (non-hydrogen) atoms. The van der Waals surface area contributed by atoms with E-state index in [4.69, 9.17) is 9.47 Å². The number of hydrogen-bond acceptors (Lipinski definition) is 3. The summed E-state index contributed by atoms with van der Waals surface area (Å²) < 4.78 is 10.5. The van der Waals surface area contributed by atoms with Gasteiger partial charge in [0.1, 0.15) is 11.5 Å². The van der Waals surface area contributed by atoms with E-state index in [2.05, 4.69) is 6.92 Å². The van der Waals surface area contributed by atoms with E-state index >= 15 is 0 Å². The molecule has 3 heteroatoms. The van der Waals surface area contributed by atoms with E-state index in [0.717, 1.165) is 17.7 Å². The number of rotatable bonds is 6. The summed E-state index contributed by atoms with van der Waals surface area (Å²) in [5, 5.41) is 10.7. The average molecular weight is 238 g/mol. The average Bonchev–Trinajstić information content (AvgIpc) is 2.38. The topological polar surface area (TPSA) is 38.7 Å². The molecule has 1 rings (SSSR count). The third kappa shape index (κ3) is 2.91. The molecule has 0 aliphatic carbocycles. The molecule has 0 bridgehead atoms. The van der Waals surface area contributed by atoms with Gasteiger partial charge in [-0.2, -0.15) is 0 Å². The second kappa shape index (κ2) is 5.92. The number of aliphatic hydroxyl groups is 1. The summed E-state index contributed by atoms with van der Waals surface area (Å²) in [4.78, 5) is 0.